The Kier molecular flexibility index (Phi) is 9.43. The SMILES string of the molecule is CC(C)(C)OC(=O)NCC(=O)Nc1ccc(OC[C@@H]2CC(c3ccc(C#N)c(C(F)(F)F)c3)[C@H](C(F)(F)F)N2)cc1. The van der Waals surface area contributed by atoms with Crippen LogP contribution >= 0.6 is 0 Å². The lowest BCUT2D eigenvalue weighted by Crippen LogP contribution is -2.44. The number of nitriles is 1. The molecule has 2 aromatic carbocycles. The van der Waals surface area contributed by atoms with Crippen LogP contribution in [0.5, 0.6) is 5.75 Å². The van der Waals surface area contributed by atoms with E-state index in [9.17, 15) is 35.9 Å². The Bertz CT molecular complexity index is 1280. The summed E-state index contributed by atoms with van der Waals surface area (Å²) in [7, 11) is 0. The van der Waals surface area contributed by atoms with Gasteiger partial charge >= 0.3 is 18.4 Å². The number of halogens is 6. The Hall–Kier alpha value is -3.99. The van der Waals surface area contributed by atoms with Gasteiger partial charge in [0.2, 0.25) is 5.91 Å². The number of amides is 2. The zero-order valence-electron chi connectivity index (χ0n) is 22.2. The summed E-state index contributed by atoms with van der Waals surface area (Å²) < 4.78 is 92.2. The zero-order chi connectivity index (χ0) is 30.6. The number of alkyl halides is 6. The number of hydrogen-bond donors (Lipinski definition) is 3. The third kappa shape index (κ3) is 9.01. The quantitative estimate of drug-likeness (QED) is 0.370. The highest BCUT2D eigenvalue weighted by Crippen LogP contribution is 2.42. The van der Waals surface area contributed by atoms with Crippen LogP contribution in [0.15, 0.2) is 42.5 Å². The Balaban J connectivity index is 1.60. The molecule has 1 fully saturated rings. The Morgan fingerprint density at radius 1 is 1.05 bits per heavy atom. The van der Waals surface area contributed by atoms with E-state index in [0.29, 0.717) is 11.8 Å². The van der Waals surface area contributed by atoms with Gasteiger partial charge in [0.25, 0.3) is 0 Å². The summed E-state index contributed by atoms with van der Waals surface area (Å²) in [5.74, 6) is -1.58. The average Bonchev–Trinajstić information content (AvgIpc) is 3.30. The standard InChI is InChI=1S/C27H28F6N4O4/c1-25(2,3)41-24(39)35-13-22(38)36-17-6-8-19(9-7-17)40-14-18-11-20(23(37-18)27(31,32)33)15-4-5-16(12-34)21(10-15)26(28,29)30/h4-10,18,20,23,37H,11,13-14H2,1-3H3,(H,35,39)(H,36,38)/t18-,20?,23+/m0/s1. The fraction of sp³-hybridized carbons (Fsp3) is 0.444. The molecule has 2 aromatic rings. The number of ether oxygens (including phenoxy) is 2. The van der Waals surface area contributed by atoms with Crippen LogP contribution in [0, 0.1) is 11.3 Å². The molecule has 41 heavy (non-hydrogen) atoms. The number of benzene rings is 2. The number of carbonyl (C=O) groups is 2. The fourth-order valence-electron chi connectivity index (χ4n) is 4.28. The molecule has 3 rings (SSSR count). The summed E-state index contributed by atoms with van der Waals surface area (Å²) in [6.07, 6.45) is -10.6. The summed E-state index contributed by atoms with van der Waals surface area (Å²) in [4.78, 5) is 23.7. The van der Waals surface area contributed by atoms with Gasteiger partial charge in [0.05, 0.1) is 17.2 Å². The molecule has 222 valence electrons. The van der Waals surface area contributed by atoms with Crippen molar-refractivity contribution in [1.29, 1.82) is 5.26 Å². The van der Waals surface area contributed by atoms with E-state index in [-0.39, 0.29) is 30.9 Å². The maximum atomic E-state index is 13.8. The average molecular weight is 587 g/mol. The second-order valence-electron chi connectivity index (χ2n) is 10.4. The fourth-order valence-corrected chi connectivity index (χ4v) is 4.28. The van der Waals surface area contributed by atoms with E-state index in [1.807, 2.05) is 0 Å². The molecule has 2 amide bonds. The number of carbonyl (C=O) groups excluding carboxylic acids is 2. The summed E-state index contributed by atoms with van der Waals surface area (Å²) in [6.45, 7) is 4.47. The normalized spacial score (nSPS) is 19.3. The molecule has 1 unspecified atom stereocenters. The second-order valence-corrected chi connectivity index (χ2v) is 10.4. The van der Waals surface area contributed by atoms with Gasteiger partial charge in [-0.25, -0.2) is 4.79 Å². The molecule has 14 heteroatoms. The van der Waals surface area contributed by atoms with Crippen molar-refractivity contribution in [1.82, 2.24) is 10.6 Å². The molecule has 0 radical (unpaired) electrons. The van der Waals surface area contributed by atoms with Gasteiger partial charge in [-0.15, -0.1) is 0 Å². The van der Waals surface area contributed by atoms with Gasteiger partial charge in [0.15, 0.2) is 0 Å². The van der Waals surface area contributed by atoms with Crippen molar-refractivity contribution >= 4 is 17.7 Å². The number of nitrogens with zero attached hydrogens (tertiary/aromatic N) is 1. The van der Waals surface area contributed by atoms with Crippen molar-refractivity contribution in [3.05, 3.63) is 59.2 Å². The van der Waals surface area contributed by atoms with Gasteiger partial charge in [-0.1, -0.05) is 6.07 Å². The lowest BCUT2D eigenvalue weighted by Gasteiger charge is -2.23. The summed E-state index contributed by atoms with van der Waals surface area (Å²) in [6, 6.07) is 6.97. The first-order valence-corrected chi connectivity index (χ1v) is 12.4. The van der Waals surface area contributed by atoms with Crippen molar-refractivity contribution < 1.29 is 45.4 Å². The van der Waals surface area contributed by atoms with Crippen LogP contribution in [0.25, 0.3) is 0 Å². The molecule has 1 aliphatic heterocycles. The summed E-state index contributed by atoms with van der Waals surface area (Å²) in [5, 5.41) is 16.3. The highest BCUT2D eigenvalue weighted by atomic mass is 19.4. The van der Waals surface area contributed by atoms with Gasteiger partial charge in [-0.3, -0.25) is 10.1 Å². The van der Waals surface area contributed by atoms with Crippen molar-refractivity contribution in [3.63, 3.8) is 0 Å². The van der Waals surface area contributed by atoms with Crippen LogP contribution in [-0.2, 0) is 15.7 Å². The minimum Gasteiger partial charge on any atom is -0.492 e. The molecule has 8 nitrogen and oxygen atoms in total. The third-order valence-corrected chi connectivity index (χ3v) is 5.99. The molecule has 1 heterocycles. The highest BCUT2D eigenvalue weighted by molar-refractivity contribution is 5.93. The first-order valence-electron chi connectivity index (χ1n) is 12.4. The van der Waals surface area contributed by atoms with E-state index >= 15 is 0 Å². The summed E-state index contributed by atoms with van der Waals surface area (Å²) in [5.41, 5.74) is -2.50. The molecular formula is C27H28F6N4O4. The first kappa shape index (κ1) is 31.5. The molecule has 3 N–H and O–H groups in total. The largest absolute Gasteiger partial charge is 0.492 e. The molecule has 0 spiro atoms. The Labute approximate surface area is 232 Å². The van der Waals surface area contributed by atoms with Crippen molar-refractivity contribution in [3.8, 4) is 11.8 Å². The van der Waals surface area contributed by atoms with Gasteiger partial charge in [0, 0.05) is 17.6 Å². The topological polar surface area (TPSA) is 112 Å². The van der Waals surface area contributed by atoms with Crippen molar-refractivity contribution in [2.75, 3.05) is 18.5 Å². The number of rotatable bonds is 7. The monoisotopic (exact) mass is 586 g/mol. The Morgan fingerprint density at radius 3 is 2.27 bits per heavy atom. The molecule has 0 aromatic heterocycles. The van der Waals surface area contributed by atoms with Crippen LogP contribution in [0.2, 0.25) is 0 Å². The van der Waals surface area contributed by atoms with Crippen molar-refractivity contribution in [2.45, 2.75) is 63.1 Å². The van der Waals surface area contributed by atoms with E-state index in [0.717, 1.165) is 12.1 Å². The number of anilines is 1. The van der Waals surface area contributed by atoms with Crippen LogP contribution in [-0.4, -0.2) is 49.0 Å². The van der Waals surface area contributed by atoms with Crippen LogP contribution in [0.4, 0.5) is 36.8 Å². The highest BCUT2D eigenvalue weighted by Gasteiger charge is 2.51. The van der Waals surface area contributed by atoms with Crippen LogP contribution < -0.4 is 20.7 Å². The number of hydrogen-bond acceptors (Lipinski definition) is 6. The molecule has 3 atom stereocenters. The van der Waals surface area contributed by atoms with E-state index in [2.05, 4.69) is 16.0 Å². The predicted octanol–water partition coefficient (Wildman–Crippen LogP) is 5.50. The molecule has 1 saturated heterocycles. The number of nitrogens with one attached hydrogen (secondary N) is 3. The summed E-state index contributed by atoms with van der Waals surface area (Å²) >= 11 is 0. The Morgan fingerprint density at radius 2 is 1.71 bits per heavy atom. The van der Waals surface area contributed by atoms with Gasteiger partial charge in [-0.2, -0.15) is 31.6 Å². The third-order valence-electron chi connectivity index (χ3n) is 5.99. The van der Waals surface area contributed by atoms with Gasteiger partial charge in [0.1, 0.15) is 30.5 Å². The molecule has 1 aliphatic rings. The molecule has 0 bridgehead atoms. The predicted molar refractivity (Wildman–Crippen MR) is 135 cm³/mol. The van der Waals surface area contributed by atoms with E-state index in [1.165, 1.54) is 30.3 Å². The maximum Gasteiger partial charge on any atom is 0.417 e. The zero-order valence-corrected chi connectivity index (χ0v) is 22.2. The van der Waals surface area contributed by atoms with E-state index < -0.39 is 59.1 Å². The lowest BCUT2D eigenvalue weighted by atomic mass is 9.88. The number of alkyl carbamates (subject to hydrolysis) is 1. The van der Waals surface area contributed by atoms with Gasteiger partial charge in [-0.05, 0) is 69.2 Å². The molecular weight excluding hydrogens is 558 g/mol. The lowest BCUT2D eigenvalue weighted by molar-refractivity contribution is -0.156. The smallest absolute Gasteiger partial charge is 0.417 e. The van der Waals surface area contributed by atoms with Crippen LogP contribution in [0.3, 0.4) is 0 Å². The molecule has 0 saturated carbocycles. The van der Waals surface area contributed by atoms with Gasteiger partial charge < -0.3 is 20.1 Å². The van der Waals surface area contributed by atoms with E-state index in [4.69, 9.17) is 14.7 Å². The van der Waals surface area contributed by atoms with E-state index in [1.54, 1.807) is 20.8 Å². The minimum atomic E-state index is -4.90. The van der Waals surface area contributed by atoms with Crippen LogP contribution in [0.1, 0.15) is 49.8 Å². The minimum absolute atomic E-state index is 0.161. The molecule has 0 aliphatic carbocycles. The second kappa shape index (κ2) is 12.3. The van der Waals surface area contributed by atoms with Crippen molar-refractivity contribution in [2.24, 2.45) is 0 Å². The first-order chi connectivity index (χ1) is 19.0. The maximum absolute atomic E-state index is 13.8.